The third kappa shape index (κ3) is 2.86. The zero-order valence-electron chi connectivity index (χ0n) is 11.0. The average Bonchev–Trinajstić information content (AvgIpc) is 2.76. The molecule has 2 N–H and O–H groups in total. The number of rotatable bonds is 4. The smallest absolute Gasteiger partial charge is 0.0703 e. The molecule has 1 saturated heterocycles. The van der Waals surface area contributed by atoms with Crippen molar-refractivity contribution in [3.8, 4) is 0 Å². The molecule has 3 nitrogen and oxygen atoms in total. The van der Waals surface area contributed by atoms with E-state index in [9.17, 15) is 0 Å². The maximum absolute atomic E-state index is 6.05. The van der Waals surface area contributed by atoms with Gasteiger partial charge in [-0.3, -0.25) is 4.90 Å². The molecule has 1 heterocycles. The number of ether oxygens (including phenoxy) is 1. The fourth-order valence-electron chi connectivity index (χ4n) is 2.74. The number of hydrogen-bond donors (Lipinski definition) is 1. The maximum Gasteiger partial charge on any atom is 0.0703 e. The highest BCUT2D eigenvalue weighted by molar-refractivity contribution is 6.30. The molecule has 3 unspecified atom stereocenters. The topological polar surface area (TPSA) is 38.5 Å². The number of nitrogens with zero attached hydrogens (tertiary/aromatic N) is 1. The van der Waals surface area contributed by atoms with Crippen LogP contribution in [0, 0.1) is 0 Å². The van der Waals surface area contributed by atoms with Crippen molar-refractivity contribution in [2.75, 3.05) is 20.2 Å². The Morgan fingerprint density at radius 3 is 2.89 bits per heavy atom. The molecule has 1 aromatic rings. The molecule has 0 saturated carbocycles. The van der Waals surface area contributed by atoms with Gasteiger partial charge in [0.25, 0.3) is 0 Å². The summed E-state index contributed by atoms with van der Waals surface area (Å²) in [5.74, 6) is 0. The standard InChI is InChI=1S/C14H21ClN2O/c1-10-13(6-7-18-10)17(2)14(9-16)11-4-3-5-12(15)8-11/h3-5,8,10,13-14H,6-7,9,16H2,1-2H3. The second kappa shape index (κ2) is 6.02. The van der Waals surface area contributed by atoms with Crippen molar-refractivity contribution in [3.05, 3.63) is 34.9 Å². The third-order valence-electron chi connectivity index (χ3n) is 3.81. The first-order valence-electron chi connectivity index (χ1n) is 6.42. The van der Waals surface area contributed by atoms with Gasteiger partial charge < -0.3 is 10.5 Å². The molecule has 1 aromatic carbocycles. The van der Waals surface area contributed by atoms with Crippen LogP contribution in [0.3, 0.4) is 0 Å². The molecule has 0 amide bonds. The van der Waals surface area contributed by atoms with E-state index < -0.39 is 0 Å². The summed E-state index contributed by atoms with van der Waals surface area (Å²) in [6.07, 6.45) is 1.33. The van der Waals surface area contributed by atoms with Crippen molar-refractivity contribution in [1.29, 1.82) is 0 Å². The zero-order chi connectivity index (χ0) is 13.1. The lowest BCUT2D eigenvalue weighted by atomic mass is 10.0. The molecule has 100 valence electrons. The van der Waals surface area contributed by atoms with E-state index in [0.29, 0.717) is 12.6 Å². The lowest BCUT2D eigenvalue weighted by Crippen LogP contribution is -2.42. The Bertz CT molecular complexity index is 399. The Labute approximate surface area is 114 Å². The number of nitrogens with two attached hydrogens (primary N) is 1. The monoisotopic (exact) mass is 268 g/mol. The van der Waals surface area contributed by atoms with Crippen LogP contribution in [-0.2, 0) is 4.74 Å². The van der Waals surface area contributed by atoms with Gasteiger partial charge >= 0.3 is 0 Å². The first-order chi connectivity index (χ1) is 8.63. The number of benzene rings is 1. The van der Waals surface area contributed by atoms with Gasteiger partial charge in [0.2, 0.25) is 0 Å². The Hall–Kier alpha value is -0.610. The van der Waals surface area contributed by atoms with Crippen molar-refractivity contribution < 1.29 is 4.74 Å². The molecule has 0 aromatic heterocycles. The van der Waals surface area contributed by atoms with Gasteiger partial charge in [-0.25, -0.2) is 0 Å². The highest BCUT2D eigenvalue weighted by Gasteiger charge is 2.31. The third-order valence-corrected chi connectivity index (χ3v) is 4.04. The molecule has 1 fully saturated rings. The van der Waals surface area contributed by atoms with E-state index in [4.69, 9.17) is 22.1 Å². The van der Waals surface area contributed by atoms with E-state index in [-0.39, 0.29) is 12.1 Å². The fraction of sp³-hybridized carbons (Fsp3) is 0.571. The summed E-state index contributed by atoms with van der Waals surface area (Å²) in [5, 5.41) is 0.759. The number of hydrogen-bond acceptors (Lipinski definition) is 3. The predicted molar refractivity (Wildman–Crippen MR) is 74.8 cm³/mol. The first kappa shape index (κ1) is 13.8. The molecule has 0 spiro atoms. The molecular weight excluding hydrogens is 248 g/mol. The normalized spacial score (nSPS) is 25.6. The van der Waals surface area contributed by atoms with Crippen LogP contribution in [0.5, 0.6) is 0 Å². The molecule has 1 aliphatic heterocycles. The van der Waals surface area contributed by atoms with Gasteiger partial charge in [0, 0.05) is 30.3 Å². The molecule has 18 heavy (non-hydrogen) atoms. The molecule has 3 atom stereocenters. The molecular formula is C14H21ClN2O. The summed E-state index contributed by atoms with van der Waals surface area (Å²) in [6, 6.07) is 8.56. The minimum absolute atomic E-state index is 0.192. The molecule has 1 aliphatic rings. The fourth-order valence-corrected chi connectivity index (χ4v) is 2.94. The van der Waals surface area contributed by atoms with Crippen molar-refractivity contribution in [2.24, 2.45) is 5.73 Å². The molecule has 2 rings (SSSR count). The number of halogens is 1. The van der Waals surface area contributed by atoms with Crippen LogP contribution in [-0.4, -0.2) is 37.2 Å². The molecule has 0 bridgehead atoms. The van der Waals surface area contributed by atoms with E-state index >= 15 is 0 Å². The van der Waals surface area contributed by atoms with Crippen LogP contribution in [0.25, 0.3) is 0 Å². The van der Waals surface area contributed by atoms with Crippen molar-refractivity contribution in [2.45, 2.75) is 31.5 Å². The van der Waals surface area contributed by atoms with Crippen molar-refractivity contribution >= 4 is 11.6 Å². The second-order valence-corrected chi connectivity index (χ2v) is 5.34. The molecule has 0 aliphatic carbocycles. The van der Waals surface area contributed by atoms with Gasteiger partial charge in [-0.05, 0) is 38.1 Å². The van der Waals surface area contributed by atoms with Gasteiger partial charge in [-0.2, -0.15) is 0 Å². The SMILES string of the molecule is CC1OCCC1N(C)C(CN)c1cccc(Cl)c1. The van der Waals surface area contributed by atoms with E-state index in [1.807, 2.05) is 18.2 Å². The van der Waals surface area contributed by atoms with Gasteiger partial charge in [-0.15, -0.1) is 0 Å². The van der Waals surface area contributed by atoms with Crippen LogP contribution >= 0.6 is 11.6 Å². The van der Waals surface area contributed by atoms with Crippen LogP contribution < -0.4 is 5.73 Å². The Kier molecular flexibility index (Phi) is 4.62. The van der Waals surface area contributed by atoms with Crippen LogP contribution in [0.4, 0.5) is 0 Å². The van der Waals surface area contributed by atoms with Crippen LogP contribution in [0.15, 0.2) is 24.3 Å². The summed E-state index contributed by atoms with van der Waals surface area (Å²) in [6.45, 7) is 3.54. The molecule has 4 heteroatoms. The van der Waals surface area contributed by atoms with Gasteiger partial charge in [-0.1, -0.05) is 23.7 Å². The lowest BCUT2D eigenvalue weighted by Gasteiger charge is -2.34. The van der Waals surface area contributed by atoms with E-state index in [2.05, 4.69) is 24.9 Å². The lowest BCUT2D eigenvalue weighted by molar-refractivity contribution is 0.0686. The Morgan fingerprint density at radius 1 is 1.56 bits per heavy atom. The van der Waals surface area contributed by atoms with Crippen molar-refractivity contribution in [1.82, 2.24) is 4.90 Å². The maximum atomic E-state index is 6.05. The minimum Gasteiger partial charge on any atom is -0.377 e. The summed E-state index contributed by atoms with van der Waals surface area (Å²) < 4.78 is 5.63. The Morgan fingerprint density at radius 2 is 2.33 bits per heavy atom. The average molecular weight is 269 g/mol. The summed E-state index contributed by atoms with van der Waals surface area (Å²) >= 11 is 6.05. The summed E-state index contributed by atoms with van der Waals surface area (Å²) in [4.78, 5) is 2.32. The van der Waals surface area contributed by atoms with E-state index in [1.54, 1.807) is 0 Å². The Balaban J connectivity index is 2.17. The van der Waals surface area contributed by atoms with E-state index in [1.165, 1.54) is 5.56 Å². The number of likely N-dealkylation sites (N-methyl/N-ethyl adjacent to an activating group) is 1. The minimum atomic E-state index is 0.192. The predicted octanol–water partition coefficient (Wildman–Crippen LogP) is 2.45. The highest BCUT2D eigenvalue weighted by atomic mass is 35.5. The first-order valence-corrected chi connectivity index (χ1v) is 6.80. The highest BCUT2D eigenvalue weighted by Crippen LogP contribution is 2.28. The second-order valence-electron chi connectivity index (χ2n) is 4.90. The largest absolute Gasteiger partial charge is 0.377 e. The summed E-state index contributed by atoms with van der Waals surface area (Å²) in [5.41, 5.74) is 7.12. The van der Waals surface area contributed by atoms with Gasteiger partial charge in [0.15, 0.2) is 0 Å². The van der Waals surface area contributed by atoms with Gasteiger partial charge in [0.1, 0.15) is 0 Å². The van der Waals surface area contributed by atoms with E-state index in [0.717, 1.165) is 18.1 Å². The van der Waals surface area contributed by atoms with Crippen molar-refractivity contribution in [3.63, 3.8) is 0 Å². The van der Waals surface area contributed by atoms with Gasteiger partial charge in [0.05, 0.1) is 6.10 Å². The van der Waals surface area contributed by atoms with Crippen LogP contribution in [0.2, 0.25) is 5.02 Å². The molecule has 0 radical (unpaired) electrons. The van der Waals surface area contributed by atoms with Crippen LogP contribution in [0.1, 0.15) is 24.9 Å². The zero-order valence-corrected chi connectivity index (χ0v) is 11.7. The summed E-state index contributed by atoms with van der Waals surface area (Å²) in [7, 11) is 2.12. The quantitative estimate of drug-likeness (QED) is 0.912.